The number of halogens is 1. The lowest BCUT2D eigenvalue weighted by molar-refractivity contribution is 0.0152. The largest absolute Gasteiger partial charge is 0.492 e. The molecule has 1 N–H and O–H groups in total. The third kappa shape index (κ3) is 5.72. The molecule has 26 heavy (non-hydrogen) atoms. The Kier molecular flexibility index (Phi) is 8.43. The number of guanidine groups is 1. The van der Waals surface area contributed by atoms with Crippen molar-refractivity contribution >= 4 is 29.9 Å². The van der Waals surface area contributed by atoms with Gasteiger partial charge in [0.05, 0.1) is 6.54 Å². The van der Waals surface area contributed by atoms with Crippen LogP contribution in [0.5, 0.6) is 5.75 Å². The summed E-state index contributed by atoms with van der Waals surface area (Å²) in [4.78, 5) is 11.7. The fraction of sp³-hybridized carbons (Fsp3) is 0.632. The molecule has 0 aromatic heterocycles. The summed E-state index contributed by atoms with van der Waals surface area (Å²) in [6, 6.07) is 8.77. The number of nitrogens with one attached hydrogen (secondary N) is 1. The van der Waals surface area contributed by atoms with Crippen molar-refractivity contribution in [3.8, 4) is 5.75 Å². The first-order valence-electron chi connectivity index (χ1n) is 9.23. The minimum absolute atomic E-state index is 0. The lowest BCUT2D eigenvalue weighted by atomic mass is 10.1. The lowest BCUT2D eigenvalue weighted by Crippen LogP contribution is -2.63. The number of nitrogens with zero attached hydrogens (tertiary/aromatic N) is 4. The van der Waals surface area contributed by atoms with Crippen LogP contribution in [0.1, 0.15) is 5.56 Å². The van der Waals surface area contributed by atoms with Gasteiger partial charge in [0.15, 0.2) is 5.96 Å². The Hall–Kier alpha value is -1.06. The van der Waals surface area contributed by atoms with Crippen molar-refractivity contribution in [2.45, 2.75) is 13.0 Å². The Morgan fingerprint density at radius 3 is 2.50 bits per heavy atom. The van der Waals surface area contributed by atoms with Gasteiger partial charge in [-0.2, -0.15) is 0 Å². The first kappa shape index (κ1) is 21.2. The van der Waals surface area contributed by atoms with E-state index in [2.05, 4.69) is 51.1 Å². The van der Waals surface area contributed by atoms with Crippen LogP contribution in [0, 0.1) is 6.92 Å². The zero-order chi connectivity index (χ0) is 17.6. The molecule has 0 amide bonds. The number of hydrogen-bond acceptors (Lipinski definition) is 4. The van der Waals surface area contributed by atoms with Crippen molar-refractivity contribution in [3.05, 3.63) is 29.8 Å². The number of aliphatic imine (C=N–C) groups is 1. The molecular formula is C19H32IN5O. The van der Waals surface area contributed by atoms with Crippen LogP contribution in [0.15, 0.2) is 29.3 Å². The van der Waals surface area contributed by atoms with Gasteiger partial charge in [-0.05, 0) is 19.1 Å². The summed E-state index contributed by atoms with van der Waals surface area (Å²) in [6.45, 7) is 10.5. The van der Waals surface area contributed by atoms with Crippen LogP contribution in [-0.4, -0.2) is 93.2 Å². The molecule has 3 aliphatic rings. The van der Waals surface area contributed by atoms with Crippen LogP contribution in [0.25, 0.3) is 0 Å². The van der Waals surface area contributed by atoms with E-state index in [-0.39, 0.29) is 24.0 Å². The number of fused-ring (bicyclic) bond motifs is 3. The number of rotatable bonds is 6. The normalized spacial score (nSPS) is 24.7. The van der Waals surface area contributed by atoms with Crippen molar-refractivity contribution in [3.63, 3.8) is 0 Å². The van der Waals surface area contributed by atoms with Gasteiger partial charge in [-0.25, -0.2) is 0 Å². The molecule has 4 rings (SSSR count). The van der Waals surface area contributed by atoms with Crippen LogP contribution < -0.4 is 10.1 Å². The minimum atomic E-state index is 0. The minimum Gasteiger partial charge on any atom is -0.492 e. The second-order valence-corrected chi connectivity index (χ2v) is 7.00. The number of hydrogen-bond donors (Lipinski definition) is 1. The first-order valence-corrected chi connectivity index (χ1v) is 9.23. The molecule has 3 heterocycles. The zero-order valence-electron chi connectivity index (χ0n) is 16.1. The average molecular weight is 473 g/mol. The molecule has 0 aliphatic carbocycles. The second kappa shape index (κ2) is 10.3. The summed E-state index contributed by atoms with van der Waals surface area (Å²) in [5, 5.41) is 3.53. The number of ether oxygens (including phenoxy) is 1. The molecule has 1 unspecified atom stereocenters. The molecule has 146 valence electrons. The van der Waals surface area contributed by atoms with Crippen LogP contribution in [0.4, 0.5) is 0 Å². The standard InChI is InChI=1S/C19H31N5O.HI/c1-16-4-6-18(7-5-16)25-13-12-22(3)19(20-2)21-14-17-15-23-8-10-24(17)11-9-23;/h4-7,17H,8-15H2,1-3H3,(H,20,21);1H. The van der Waals surface area contributed by atoms with Gasteiger partial charge in [-0.3, -0.25) is 14.8 Å². The van der Waals surface area contributed by atoms with Gasteiger partial charge in [0, 0.05) is 59.4 Å². The first-order chi connectivity index (χ1) is 12.2. The monoisotopic (exact) mass is 473 g/mol. The third-order valence-electron chi connectivity index (χ3n) is 5.18. The van der Waals surface area contributed by atoms with Crippen molar-refractivity contribution in [2.24, 2.45) is 4.99 Å². The van der Waals surface area contributed by atoms with E-state index in [9.17, 15) is 0 Å². The smallest absolute Gasteiger partial charge is 0.193 e. The fourth-order valence-electron chi connectivity index (χ4n) is 3.55. The highest BCUT2D eigenvalue weighted by atomic mass is 127. The van der Waals surface area contributed by atoms with Gasteiger partial charge in [-0.15, -0.1) is 24.0 Å². The molecule has 1 aromatic rings. The van der Waals surface area contributed by atoms with Gasteiger partial charge >= 0.3 is 0 Å². The maximum atomic E-state index is 5.82. The molecule has 3 aliphatic heterocycles. The highest BCUT2D eigenvalue weighted by Crippen LogP contribution is 2.15. The van der Waals surface area contributed by atoms with Crippen LogP contribution in [-0.2, 0) is 0 Å². The molecular weight excluding hydrogens is 441 g/mol. The number of benzene rings is 1. The quantitative estimate of drug-likeness (QED) is 0.386. The molecule has 0 saturated carbocycles. The predicted molar refractivity (Wildman–Crippen MR) is 118 cm³/mol. The van der Waals surface area contributed by atoms with Gasteiger partial charge in [0.1, 0.15) is 12.4 Å². The fourth-order valence-corrected chi connectivity index (χ4v) is 3.55. The van der Waals surface area contributed by atoms with Gasteiger partial charge < -0.3 is 15.0 Å². The summed E-state index contributed by atoms with van der Waals surface area (Å²) in [5.74, 6) is 1.85. The van der Waals surface area contributed by atoms with Gasteiger partial charge in [0.2, 0.25) is 0 Å². The van der Waals surface area contributed by atoms with Gasteiger partial charge in [0.25, 0.3) is 0 Å². The Labute approximate surface area is 174 Å². The van der Waals surface area contributed by atoms with Crippen LogP contribution in [0.2, 0.25) is 0 Å². The van der Waals surface area contributed by atoms with Crippen LogP contribution in [0.3, 0.4) is 0 Å². The molecule has 1 aromatic carbocycles. The molecule has 6 nitrogen and oxygen atoms in total. The van der Waals surface area contributed by atoms with Crippen molar-refractivity contribution in [1.29, 1.82) is 0 Å². The molecule has 0 spiro atoms. The van der Waals surface area contributed by atoms with E-state index in [0.29, 0.717) is 12.6 Å². The highest BCUT2D eigenvalue weighted by Gasteiger charge is 2.31. The van der Waals surface area contributed by atoms with E-state index in [1.165, 1.54) is 38.3 Å². The van der Waals surface area contributed by atoms with E-state index in [1.54, 1.807) is 0 Å². The molecule has 0 radical (unpaired) electrons. The zero-order valence-corrected chi connectivity index (χ0v) is 18.5. The second-order valence-electron chi connectivity index (χ2n) is 7.00. The maximum absolute atomic E-state index is 5.82. The molecule has 2 bridgehead atoms. The lowest BCUT2D eigenvalue weighted by Gasteiger charge is -2.47. The number of piperazine rings is 3. The van der Waals surface area contributed by atoms with E-state index in [1.807, 2.05) is 19.2 Å². The summed E-state index contributed by atoms with van der Waals surface area (Å²) in [5.41, 5.74) is 1.25. The predicted octanol–water partition coefficient (Wildman–Crippen LogP) is 1.50. The van der Waals surface area contributed by atoms with E-state index < -0.39 is 0 Å². The molecule has 1 atom stereocenters. The van der Waals surface area contributed by atoms with E-state index in [0.717, 1.165) is 24.8 Å². The number of aryl methyl sites for hydroxylation is 1. The van der Waals surface area contributed by atoms with Crippen molar-refractivity contribution < 1.29 is 4.74 Å². The summed E-state index contributed by atoms with van der Waals surface area (Å²) >= 11 is 0. The summed E-state index contributed by atoms with van der Waals surface area (Å²) < 4.78 is 5.82. The highest BCUT2D eigenvalue weighted by molar-refractivity contribution is 14.0. The van der Waals surface area contributed by atoms with E-state index >= 15 is 0 Å². The Morgan fingerprint density at radius 1 is 1.23 bits per heavy atom. The number of likely N-dealkylation sites (N-methyl/N-ethyl adjacent to an activating group) is 1. The Morgan fingerprint density at radius 2 is 1.92 bits per heavy atom. The van der Waals surface area contributed by atoms with Crippen LogP contribution >= 0.6 is 24.0 Å². The average Bonchev–Trinajstić information content (AvgIpc) is 2.65. The van der Waals surface area contributed by atoms with Gasteiger partial charge in [-0.1, -0.05) is 17.7 Å². The molecule has 7 heteroatoms. The van der Waals surface area contributed by atoms with E-state index in [4.69, 9.17) is 4.74 Å². The third-order valence-corrected chi connectivity index (χ3v) is 5.18. The maximum Gasteiger partial charge on any atom is 0.193 e. The SMILES string of the molecule is CN=C(NCC1CN2CCN1CC2)N(C)CCOc1ccc(C)cc1.I. The van der Waals surface area contributed by atoms with Crippen molar-refractivity contribution in [1.82, 2.24) is 20.0 Å². The molecule has 3 saturated heterocycles. The molecule has 3 fully saturated rings. The summed E-state index contributed by atoms with van der Waals surface area (Å²) in [7, 11) is 3.90. The van der Waals surface area contributed by atoms with Crippen molar-refractivity contribution in [2.75, 3.05) is 66.5 Å². The summed E-state index contributed by atoms with van der Waals surface area (Å²) in [6.07, 6.45) is 0. The Bertz CT molecular complexity index is 572. The Balaban J connectivity index is 0.00000243. The topological polar surface area (TPSA) is 43.3 Å².